The molecular formula is C22H21N3O2S2. The number of carbonyl (C=O) groups is 1. The Balaban J connectivity index is 1.37. The van der Waals surface area contributed by atoms with Gasteiger partial charge in [-0.25, -0.2) is 4.98 Å². The van der Waals surface area contributed by atoms with Crippen LogP contribution in [0.2, 0.25) is 0 Å². The summed E-state index contributed by atoms with van der Waals surface area (Å²) in [6.45, 7) is 1.46. The molecule has 0 bridgehead atoms. The molecule has 0 unspecified atom stereocenters. The number of thioether (sulfide) groups is 1. The molecule has 1 fully saturated rings. The first-order valence-corrected chi connectivity index (χ1v) is 11.6. The van der Waals surface area contributed by atoms with Crippen molar-refractivity contribution in [3.63, 3.8) is 0 Å². The van der Waals surface area contributed by atoms with Gasteiger partial charge in [0.1, 0.15) is 5.58 Å². The summed E-state index contributed by atoms with van der Waals surface area (Å²) in [6, 6.07) is 12.5. The van der Waals surface area contributed by atoms with Crippen LogP contribution in [0.5, 0.6) is 0 Å². The number of piperidine rings is 1. The minimum Gasteiger partial charge on any atom is -0.451 e. The Kier molecular flexibility index (Phi) is 5.16. The summed E-state index contributed by atoms with van der Waals surface area (Å²) >= 11 is 3.47. The highest BCUT2D eigenvalue weighted by Crippen LogP contribution is 2.35. The van der Waals surface area contributed by atoms with Gasteiger partial charge in [0.2, 0.25) is 0 Å². The Bertz CT molecular complexity index is 1090. The molecule has 4 heterocycles. The standard InChI is InChI=1S/C22H21N3O2S2/c26-22(24-10-7-16(8-11-24)25-12-9-23-15-25)21-18(14-29-20-6-3-13-28-20)17-4-1-2-5-19(17)27-21/h1-6,9,12-13,15-16H,7-8,10-11,14H2. The third-order valence-corrected chi connectivity index (χ3v) is 7.60. The Labute approximate surface area is 177 Å². The van der Waals surface area contributed by atoms with E-state index in [9.17, 15) is 4.79 Å². The van der Waals surface area contributed by atoms with Crippen molar-refractivity contribution in [1.82, 2.24) is 14.5 Å². The molecule has 5 nitrogen and oxygen atoms in total. The number of para-hydroxylation sites is 1. The number of imidazole rings is 1. The van der Waals surface area contributed by atoms with Crippen LogP contribution in [-0.4, -0.2) is 33.4 Å². The molecule has 7 heteroatoms. The lowest BCUT2D eigenvalue weighted by molar-refractivity contribution is 0.0663. The highest BCUT2D eigenvalue weighted by Gasteiger charge is 2.29. The van der Waals surface area contributed by atoms with Crippen LogP contribution in [-0.2, 0) is 5.75 Å². The van der Waals surface area contributed by atoms with E-state index < -0.39 is 0 Å². The van der Waals surface area contributed by atoms with E-state index in [4.69, 9.17) is 4.42 Å². The highest BCUT2D eigenvalue weighted by atomic mass is 32.2. The molecule has 1 aliphatic heterocycles. The summed E-state index contributed by atoms with van der Waals surface area (Å²) in [5, 5.41) is 3.11. The number of amides is 1. The molecule has 148 valence electrons. The molecule has 3 aromatic heterocycles. The molecule has 1 saturated heterocycles. The summed E-state index contributed by atoms with van der Waals surface area (Å²) in [4.78, 5) is 19.4. The number of rotatable bonds is 5. The van der Waals surface area contributed by atoms with E-state index in [1.807, 2.05) is 47.9 Å². The lowest BCUT2D eigenvalue weighted by Crippen LogP contribution is -2.39. The maximum Gasteiger partial charge on any atom is 0.289 e. The minimum absolute atomic E-state index is 0.00654. The highest BCUT2D eigenvalue weighted by molar-refractivity contribution is 8.00. The van der Waals surface area contributed by atoms with Gasteiger partial charge in [-0.05, 0) is 30.4 Å². The van der Waals surface area contributed by atoms with Gasteiger partial charge in [-0.1, -0.05) is 24.3 Å². The van der Waals surface area contributed by atoms with Crippen molar-refractivity contribution in [2.75, 3.05) is 13.1 Å². The second-order valence-corrected chi connectivity index (χ2v) is 9.38. The predicted molar refractivity (Wildman–Crippen MR) is 116 cm³/mol. The zero-order chi connectivity index (χ0) is 19.6. The molecule has 0 atom stereocenters. The Morgan fingerprint density at radius 3 is 2.83 bits per heavy atom. The van der Waals surface area contributed by atoms with Crippen LogP contribution in [0, 0.1) is 0 Å². The summed E-state index contributed by atoms with van der Waals surface area (Å²) in [5.74, 6) is 1.23. The van der Waals surface area contributed by atoms with Crippen molar-refractivity contribution >= 4 is 40.0 Å². The Morgan fingerprint density at radius 2 is 2.07 bits per heavy atom. The zero-order valence-corrected chi connectivity index (χ0v) is 17.5. The van der Waals surface area contributed by atoms with Crippen LogP contribution >= 0.6 is 23.1 Å². The summed E-state index contributed by atoms with van der Waals surface area (Å²) in [5.41, 5.74) is 1.78. The monoisotopic (exact) mass is 423 g/mol. The number of likely N-dealkylation sites (tertiary alicyclic amines) is 1. The van der Waals surface area contributed by atoms with Gasteiger partial charge in [-0.2, -0.15) is 0 Å². The van der Waals surface area contributed by atoms with E-state index in [0.29, 0.717) is 11.8 Å². The first-order valence-electron chi connectivity index (χ1n) is 9.73. The van der Waals surface area contributed by atoms with Gasteiger partial charge in [-0.3, -0.25) is 4.79 Å². The molecule has 1 amide bonds. The maximum absolute atomic E-state index is 13.4. The van der Waals surface area contributed by atoms with Gasteiger partial charge in [0.05, 0.1) is 10.5 Å². The number of hydrogen-bond acceptors (Lipinski definition) is 5. The fraction of sp³-hybridized carbons (Fsp3) is 0.273. The average molecular weight is 424 g/mol. The molecule has 0 N–H and O–H groups in total. The fourth-order valence-electron chi connectivity index (χ4n) is 3.90. The smallest absolute Gasteiger partial charge is 0.289 e. The van der Waals surface area contributed by atoms with Crippen LogP contribution in [0.1, 0.15) is 35.0 Å². The maximum atomic E-state index is 13.4. The van der Waals surface area contributed by atoms with Crippen LogP contribution < -0.4 is 0 Å². The average Bonchev–Trinajstić information content (AvgIpc) is 3.53. The zero-order valence-electron chi connectivity index (χ0n) is 15.9. The van der Waals surface area contributed by atoms with Crippen molar-refractivity contribution < 1.29 is 9.21 Å². The summed E-state index contributed by atoms with van der Waals surface area (Å²) < 4.78 is 9.46. The van der Waals surface area contributed by atoms with E-state index in [-0.39, 0.29) is 5.91 Å². The largest absolute Gasteiger partial charge is 0.451 e. The van der Waals surface area contributed by atoms with E-state index >= 15 is 0 Å². The quantitative estimate of drug-likeness (QED) is 0.400. The Morgan fingerprint density at radius 1 is 1.21 bits per heavy atom. The van der Waals surface area contributed by atoms with Crippen molar-refractivity contribution in [3.05, 3.63) is 71.8 Å². The van der Waals surface area contributed by atoms with Crippen LogP contribution in [0.25, 0.3) is 11.0 Å². The van der Waals surface area contributed by atoms with Gasteiger partial charge >= 0.3 is 0 Å². The van der Waals surface area contributed by atoms with E-state index in [1.54, 1.807) is 23.1 Å². The van der Waals surface area contributed by atoms with Crippen LogP contribution in [0.4, 0.5) is 0 Å². The number of fused-ring (bicyclic) bond motifs is 1. The van der Waals surface area contributed by atoms with E-state index in [2.05, 4.69) is 27.1 Å². The first kappa shape index (κ1) is 18.5. The van der Waals surface area contributed by atoms with Crippen LogP contribution in [0.3, 0.4) is 0 Å². The van der Waals surface area contributed by atoms with E-state index in [0.717, 1.165) is 48.2 Å². The molecule has 1 aromatic carbocycles. The molecule has 29 heavy (non-hydrogen) atoms. The normalized spacial score (nSPS) is 15.2. The number of thiophene rings is 1. The summed E-state index contributed by atoms with van der Waals surface area (Å²) in [7, 11) is 0. The van der Waals surface area contributed by atoms with Gasteiger partial charge < -0.3 is 13.9 Å². The number of furan rings is 1. The lowest BCUT2D eigenvalue weighted by atomic mass is 10.0. The number of aromatic nitrogens is 2. The molecule has 5 rings (SSSR count). The predicted octanol–water partition coefficient (Wildman–Crippen LogP) is 5.46. The third kappa shape index (κ3) is 3.72. The van der Waals surface area contributed by atoms with Crippen molar-refractivity contribution in [2.24, 2.45) is 0 Å². The second-order valence-electron chi connectivity index (χ2n) is 7.16. The molecule has 0 aliphatic carbocycles. The minimum atomic E-state index is 0.00654. The van der Waals surface area contributed by atoms with Gasteiger partial charge in [0.25, 0.3) is 5.91 Å². The third-order valence-electron chi connectivity index (χ3n) is 5.44. The number of nitrogens with zero attached hydrogens (tertiary/aromatic N) is 3. The van der Waals surface area contributed by atoms with Crippen molar-refractivity contribution in [3.8, 4) is 0 Å². The molecule has 0 radical (unpaired) electrons. The topological polar surface area (TPSA) is 51.3 Å². The van der Waals surface area contributed by atoms with E-state index in [1.165, 1.54) is 4.21 Å². The van der Waals surface area contributed by atoms with Crippen LogP contribution in [0.15, 0.2) is 69.1 Å². The van der Waals surface area contributed by atoms with Gasteiger partial charge in [0.15, 0.2) is 5.76 Å². The van der Waals surface area contributed by atoms with Crippen molar-refractivity contribution in [1.29, 1.82) is 0 Å². The van der Waals surface area contributed by atoms with Gasteiger partial charge in [-0.15, -0.1) is 23.1 Å². The van der Waals surface area contributed by atoms with Gasteiger partial charge in [0, 0.05) is 48.2 Å². The molecule has 0 spiro atoms. The number of benzene rings is 1. The molecular weight excluding hydrogens is 402 g/mol. The molecule has 1 aliphatic rings. The first-order chi connectivity index (χ1) is 14.3. The van der Waals surface area contributed by atoms with Crippen molar-refractivity contribution in [2.45, 2.75) is 28.8 Å². The second kappa shape index (κ2) is 8.08. The summed E-state index contributed by atoms with van der Waals surface area (Å²) in [6.07, 6.45) is 7.54. The molecule has 4 aromatic rings. The number of carbonyl (C=O) groups excluding carboxylic acids is 1. The SMILES string of the molecule is O=C(c1oc2ccccc2c1CSc1cccs1)N1CCC(n2ccnc2)CC1. The number of hydrogen-bond donors (Lipinski definition) is 0. The fourth-order valence-corrected chi connectivity index (χ4v) is 5.71. The molecule has 0 saturated carbocycles. The Hall–Kier alpha value is -2.51. The lowest BCUT2D eigenvalue weighted by Gasteiger charge is -2.32.